The van der Waals surface area contributed by atoms with Gasteiger partial charge in [0.1, 0.15) is 0 Å². The van der Waals surface area contributed by atoms with Crippen LogP contribution in [0.25, 0.3) is 6.08 Å². The number of benzene rings is 1. The van der Waals surface area contributed by atoms with Gasteiger partial charge in [-0.1, -0.05) is 36.9 Å². The maximum Gasteiger partial charge on any atom is 0.0323 e. The van der Waals surface area contributed by atoms with Gasteiger partial charge in [-0.05, 0) is 29.9 Å². The van der Waals surface area contributed by atoms with E-state index in [4.69, 9.17) is 5.73 Å². The van der Waals surface area contributed by atoms with Crippen molar-refractivity contribution >= 4 is 6.08 Å². The lowest BCUT2D eigenvalue weighted by atomic mass is 10.0. The summed E-state index contributed by atoms with van der Waals surface area (Å²) in [6.07, 6.45) is 4.45. The molecule has 1 aromatic carbocycles. The monoisotopic (exact) mass is 173 g/mol. The molecule has 2 N–H and O–H groups in total. The molecule has 1 fully saturated rings. The molecule has 0 unspecified atom stereocenters. The summed E-state index contributed by atoms with van der Waals surface area (Å²) in [6.45, 7) is 3.72. The van der Waals surface area contributed by atoms with E-state index in [0.717, 1.165) is 11.5 Å². The molecule has 0 amide bonds. The second-order valence-electron chi connectivity index (χ2n) is 3.73. The molecule has 1 atom stereocenters. The molecule has 0 saturated heterocycles. The SMILES string of the molecule is C=Cc1ccc([C@@H](N)C2CC2)cc1. The van der Waals surface area contributed by atoms with Gasteiger partial charge < -0.3 is 5.73 Å². The lowest BCUT2D eigenvalue weighted by Gasteiger charge is -2.10. The van der Waals surface area contributed by atoms with Crippen LogP contribution in [0.4, 0.5) is 0 Å². The predicted octanol–water partition coefficient (Wildman–Crippen LogP) is 2.74. The van der Waals surface area contributed by atoms with E-state index >= 15 is 0 Å². The number of hydrogen-bond donors (Lipinski definition) is 1. The first-order valence-electron chi connectivity index (χ1n) is 4.79. The highest BCUT2D eigenvalue weighted by Gasteiger charge is 2.29. The fraction of sp³-hybridized carbons (Fsp3) is 0.333. The van der Waals surface area contributed by atoms with Crippen LogP contribution in [0.5, 0.6) is 0 Å². The Morgan fingerprint density at radius 1 is 1.31 bits per heavy atom. The van der Waals surface area contributed by atoms with Gasteiger partial charge in [0, 0.05) is 6.04 Å². The van der Waals surface area contributed by atoms with Crippen LogP contribution in [0.3, 0.4) is 0 Å². The molecule has 68 valence electrons. The summed E-state index contributed by atoms with van der Waals surface area (Å²) in [5.74, 6) is 0.731. The Hall–Kier alpha value is -1.08. The molecule has 1 aliphatic rings. The van der Waals surface area contributed by atoms with E-state index in [9.17, 15) is 0 Å². The minimum atomic E-state index is 0.249. The largest absolute Gasteiger partial charge is 0.324 e. The zero-order valence-corrected chi connectivity index (χ0v) is 7.74. The zero-order valence-electron chi connectivity index (χ0n) is 7.74. The quantitative estimate of drug-likeness (QED) is 0.747. The van der Waals surface area contributed by atoms with E-state index in [1.54, 1.807) is 0 Å². The fourth-order valence-electron chi connectivity index (χ4n) is 1.58. The summed E-state index contributed by atoms with van der Waals surface area (Å²) in [5, 5.41) is 0. The summed E-state index contributed by atoms with van der Waals surface area (Å²) in [6, 6.07) is 8.62. The van der Waals surface area contributed by atoms with Gasteiger partial charge in [0.05, 0.1) is 0 Å². The Morgan fingerprint density at radius 2 is 1.92 bits per heavy atom. The number of nitrogens with two attached hydrogens (primary N) is 1. The Kier molecular flexibility index (Phi) is 2.19. The Labute approximate surface area is 79.3 Å². The van der Waals surface area contributed by atoms with E-state index < -0.39 is 0 Å². The average molecular weight is 173 g/mol. The van der Waals surface area contributed by atoms with E-state index in [1.807, 2.05) is 6.08 Å². The summed E-state index contributed by atoms with van der Waals surface area (Å²) < 4.78 is 0. The van der Waals surface area contributed by atoms with Crippen molar-refractivity contribution in [1.29, 1.82) is 0 Å². The van der Waals surface area contributed by atoms with Crippen LogP contribution in [0.15, 0.2) is 30.8 Å². The first kappa shape index (κ1) is 8.52. The van der Waals surface area contributed by atoms with Crippen LogP contribution in [0, 0.1) is 5.92 Å². The Balaban J connectivity index is 2.16. The maximum absolute atomic E-state index is 6.07. The topological polar surface area (TPSA) is 26.0 Å². The third kappa shape index (κ3) is 1.81. The summed E-state index contributed by atoms with van der Waals surface area (Å²) in [7, 11) is 0. The molecule has 1 aromatic rings. The van der Waals surface area contributed by atoms with Gasteiger partial charge >= 0.3 is 0 Å². The van der Waals surface area contributed by atoms with Crippen LogP contribution in [-0.2, 0) is 0 Å². The lowest BCUT2D eigenvalue weighted by Crippen LogP contribution is -2.11. The van der Waals surface area contributed by atoms with Crippen molar-refractivity contribution in [2.75, 3.05) is 0 Å². The highest BCUT2D eigenvalue weighted by atomic mass is 14.7. The van der Waals surface area contributed by atoms with Crippen LogP contribution in [-0.4, -0.2) is 0 Å². The minimum absolute atomic E-state index is 0.249. The van der Waals surface area contributed by atoms with Gasteiger partial charge in [0.2, 0.25) is 0 Å². The summed E-state index contributed by atoms with van der Waals surface area (Å²) in [4.78, 5) is 0. The number of rotatable bonds is 3. The van der Waals surface area contributed by atoms with Crippen LogP contribution < -0.4 is 5.73 Å². The molecule has 1 saturated carbocycles. The second-order valence-corrected chi connectivity index (χ2v) is 3.73. The minimum Gasteiger partial charge on any atom is -0.324 e. The molecule has 0 aromatic heterocycles. The van der Waals surface area contributed by atoms with E-state index in [1.165, 1.54) is 18.4 Å². The van der Waals surface area contributed by atoms with Crippen molar-refractivity contribution < 1.29 is 0 Å². The Morgan fingerprint density at radius 3 is 2.38 bits per heavy atom. The summed E-state index contributed by atoms with van der Waals surface area (Å²) in [5.41, 5.74) is 8.48. The van der Waals surface area contributed by atoms with E-state index in [2.05, 4.69) is 30.8 Å². The van der Waals surface area contributed by atoms with E-state index in [-0.39, 0.29) is 6.04 Å². The lowest BCUT2D eigenvalue weighted by molar-refractivity contribution is 0.633. The smallest absolute Gasteiger partial charge is 0.0323 e. The molecule has 1 nitrogen and oxygen atoms in total. The highest BCUT2D eigenvalue weighted by Crippen LogP contribution is 2.39. The molecule has 13 heavy (non-hydrogen) atoms. The van der Waals surface area contributed by atoms with Gasteiger partial charge in [-0.2, -0.15) is 0 Å². The van der Waals surface area contributed by atoms with Crippen molar-refractivity contribution in [1.82, 2.24) is 0 Å². The fourth-order valence-corrected chi connectivity index (χ4v) is 1.58. The normalized spacial score (nSPS) is 18.2. The molecular weight excluding hydrogens is 158 g/mol. The van der Waals surface area contributed by atoms with Gasteiger partial charge in [-0.25, -0.2) is 0 Å². The predicted molar refractivity (Wildman–Crippen MR) is 56.2 cm³/mol. The van der Waals surface area contributed by atoms with Gasteiger partial charge in [0.25, 0.3) is 0 Å². The van der Waals surface area contributed by atoms with Crippen molar-refractivity contribution in [3.05, 3.63) is 42.0 Å². The average Bonchev–Trinajstić information content (AvgIpc) is 3.00. The van der Waals surface area contributed by atoms with Crippen molar-refractivity contribution in [3.8, 4) is 0 Å². The van der Waals surface area contributed by atoms with Crippen LogP contribution in [0.1, 0.15) is 30.0 Å². The van der Waals surface area contributed by atoms with Gasteiger partial charge in [0.15, 0.2) is 0 Å². The summed E-state index contributed by atoms with van der Waals surface area (Å²) >= 11 is 0. The van der Waals surface area contributed by atoms with Crippen molar-refractivity contribution in [2.24, 2.45) is 11.7 Å². The molecular formula is C12H15N. The third-order valence-corrected chi connectivity index (χ3v) is 2.69. The van der Waals surface area contributed by atoms with E-state index in [0.29, 0.717) is 0 Å². The molecule has 0 heterocycles. The zero-order chi connectivity index (χ0) is 9.26. The molecule has 1 aliphatic carbocycles. The maximum atomic E-state index is 6.07. The second kappa shape index (κ2) is 3.35. The van der Waals surface area contributed by atoms with Crippen LogP contribution >= 0.6 is 0 Å². The van der Waals surface area contributed by atoms with Gasteiger partial charge in [-0.15, -0.1) is 0 Å². The van der Waals surface area contributed by atoms with Crippen LogP contribution in [0.2, 0.25) is 0 Å². The van der Waals surface area contributed by atoms with Gasteiger partial charge in [-0.3, -0.25) is 0 Å². The number of hydrogen-bond acceptors (Lipinski definition) is 1. The first-order valence-corrected chi connectivity index (χ1v) is 4.79. The molecule has 1 heteroatoms. The first-order chi connectivity index (χ1) is 6.31. The molecule has 0 spiro atoms. The molecule has 2 rings (SSSR count). The molecule has 0 radical (unpaired) electrons. The highest BCUT2D eigenvalue weighted by molar-refractivity contribution is 5.47. The third-order valence-electron chi connectivity index (χ3n) is 2.69. The van der Waals surface area contributed by atoms with Crippen molar-refractivity contribution in [3.63, 3.8) is 0 Å². The van der Waals surface area contributed by atoms with Crippen molar-refractivity contribution in [2.45, 2.75) is 18.9 Å². The molecule has 0 bridgehead atoms. The molecule has 0 aliphatic heterocycles. The standard InChI is InChI=1S/C12H15N/c1-2-9-3-5-10(6-4-9)12(13)11-7-8-11/h2-6,11-12H,1,7-8,13H2/t12-/m1/s1. The Bertz CT molecular complexity index is 295.